The van der Waals surface area contributed by atoms with Crippen molar-refractivity contribution < 1.29 is 0 Å². The Morgan fingerprint density at radius 3 is 2.17 bits per heavy atom. The number of hydrogen-bond acceptors (Lipinski definition) is 0. The van der Waals surface area contributed by atoms with Crippen LogP contribution in [0.1, 0.15) is 66.2 Å². The first kappa shape index (κ1) is 16.1. The van der Waals surface area contributed by atoms with Crippen molar-refractivity contribution in [2.24, 2.45) is 5.92 Å². The molecule has 1 rings (SSSR count). The molecular formula is C17H34S. The van der Waals surface area contributed by atoms with Gasteiger partial charge in [0.15, 0.2) is 0 Å². The molecular weight excluding hydrogens is 236 g/mol. The molecule has 1 aliphatic carbocycles. The van der Waals surface area contributed by atoms with Crippen molar-refractivity contribution in [3.63, 3.8) is 0 Å². The van der Waals surface area contributed by atoms with E-state index in [1.807, 2.05) is 0 Å². The molecule has 0 aliphatic heterocycles. The van der Waals surface area contributed by atoms with Crippen LogP contribution in [-0.4, -0.2) is 22.5 Å². The molecule has 0 N–H and O–H groups in total. The highest BCUT2D eigenvalue weighted by Gasteiger charge is 2.32. The van der Waals surface area contributed by atoms with Gasteiger partial charge in [-0.1, -0.05) is 65.5 Å². The first-order valence-corrected chi connectivity index (χ1v) is 10.2. The molecule has 1 saturated carbocycles. The van der Waals surface area contributed by atoms with Crippen LogP contribution in [0.5, 0.6) is 0 Å². The predicted octanol–water partition coefficient (Wildman–Crippen LogP) is 5.76. The van der Waals surface area contributed by atoms with Gasteiger partial charge in [-0.3, -0.25) is 0 Å². The maximum Gasteiger partial charge on any atom is 0.00657 e. The highest BCUT2D eigenvalue weighted by atomic mass is 32.3. The van der Waals surface area contributed by atoms with E-state index in [0.29, 0.717) is 4.75 Å². The average Bonchev–Trinajstić information content (AvgIpc) is 2.75. The molecule has 0 bridgehead atoms. The molecule has 1 heteroatoms. The molecule has 0 aromatic rings. The van der Waals surface area contributed by atoms with Crippen LogP contribution in [0, 0.1) is 5.92 Å². The van der Waals surface area contributed by atoms with Crippen molar-refractivity contribution in [3.05, 3.63) is 12.2 Å². The third kappa shape index (κ3) is 4.05. The molecule has 108 valence electrons. The number of rotatable bonds is 5. The SMILES string of the molecule is CCC(/C=C\CC1CCCC1)S(C)(C)C(C)(C)C. The summed E-state index contributed by atoms with van der Waals surface area (Å²) in [5.74, 6) is 0.992. The van der Waals surface area contributed by atoms with E-state index in [2.05, 4.69) is 52.4 Å². The summed E-state index contributed by atoms with van der Waals surface area (Å²) in [6.45, 7) is 9.59. The second kappa shape index (κ2) is 6.50. The summed E-state index contributed by atoms with van der Waals surface area (Å²) in [6, 6.07) is 0. The molecule has 1 fully saturated rings. The van der Waals surface area contributed by atoms with Gasteiger partial charge in [0.2, 0.25) is 0 Å². The van der Waals surface area contributed by atoms with Gasteiger partial charge in [0, 0.05) is 5.25 Å². The van der Waals surface area contributed by atoms with E-state index in [4.69, 9.17) is 0 Å². The number of allylic oxidation sites excluding steroid dienone is 1. The van der Waals surface area contributed by atoms with Gasteiger partial charge < -0.3 is 0 Å². The molecule has 0 aromatic carbocycles. The van der Waals surface area contributed by atoms with Gasteiger partial charge in [-0.15, -0.1) is 0 Å². The molecule has 1 unspecified atom stereocenters. The van der Waals surface area contributed by atoms with E-state index in [1.165, 1.54) is 38.5 Å². The van der Waals surface area contributed by atoms with Crippen molar-refractivity contribution in [1.29, 1.82) is 0 Å². The maximum atomic E-state index is 2.55. The molecule has 0 aromatic heterocycles. The van der Waals surface area contributed by atoms with Gasteiger partial charge >= 0.3 is 0 Å². The van der Waals surface area contributed by atoms with Crippen LogP contribution in [0.2, 0.25) is 0 Å². The summed E-state index contributed by atoms with van der Waals surface area (Å²) >= 11 is 0. The van der Waals surface area contributed by atoms with Crippen molar-refractivity contribution in [1.82, 2.24) is 0 Å². The van der Waals surface area contributed by atoms with Gasteiger partial charge in [-0.05, 0) is 36.0 Å². The Hall–Kier alpha value is 0.0900. The molecule has 0 heterocycles. The minimum atomic E-state index is -0.571. The van der Waals surface area contributed by atoms with Crippen LogP contribution in [-0.2, 0) is 0 Å². The van der Waals surface area contributed by atoms with Crippen LogP contribution in [0.3, 0.4) is 0 Å². The summed E-state index contributed by atoms with van der Waals surface area (Å²) in [5, 5.41) is 0.791. The Balaban J connectivity index is 2.57. The Morgan fingerprint density at radius 2 is 1.72 bits per heavy atom. The smallest absolute Gasteiger partial charge is 0.00657 e. The second-order valence-electron chi connectivity index (χ2n) is 7.28. The first-order valence-electron chi connectivity index (χ1n) is 7.67. The summed E-state index contributed by atoms with van der Waals surface area (Å²) in [7, 11) is -0.571. The van der Waals surface area contributed by atoms with E-state index in [1.54, 1.807) is 0 Å². The van der Waals surface area contributed by atoms with Crippen molar-refractivity contribution in [2.45, 2.75) is 76.2 Å². The molecule has 0 amide bonds. The van der Waals surface area contributed by atoms with Gasteiger partial charge in [-0.25, -0.2) is 10.0 Å². The van der Waals surface area contributed by atoms with Crippen molar-refractivity contribution >= 4 is 10.0 Å². The third-order valence-corrected chi connectivity index (χ3v) is 10.2. The lowest BCUT2D eigenvalue weighted by atomic mass is 10.0. The Bertz CT molecular complexity index is 264. The fourth-order valence-electron chi connectivity index (χ4n) is 2.87. The molecule has 0 spiro atoms. The predicted molar refractivity (Wildman–Crippen MR) is 89.0 cm³/mol. The number of hydrogen-bond donors (Lipinski definition) is 0. The highest BCUT2D eigenvalue weighted by molar-refractivity contribution is 8.34. The van der Waals surface area contributed by atoms with Crippen molar-refractivity contribution in [2.75, 3.05) is 12.5 Å². The molecule has 1 atom stereocenters. The van der Waals surface area contributed by atoms with Crippen LogP contribution in [0.25, 0.3) is 0 Å². The molecule has 1 aliphatic rings. The van der Waals surface area contributed by atoms with E-state index in [9.17, 15) is 0 Å². The Morgan fingerprint density at radius 1 is 1.17 bits per heavy atom. The Labute approximate surface area is 117 Å². The first-order chi connectivity index (χ1) is 8.29. The fraction of sp³-hybridized carbons (Fsp3) is 0.882. The summed E-state index contributed by atoms with van der Waals surface area (Å²) < 4.78 is 0.450. The van der Waals surface area contributed by atoms with Gasteiger partial charge in [0.1, 0.15) is 0 Å². The largest absolute Gasteiger partial charge is 0.236 e. The van der Waals surface area contributed by atoms with E-state index in [0.717, 1.165) is 11.2 Å². The standard InChI is InChI=1S/C17H34S/c1-7-16(18(5,6)17(2,3)4)14-10-13-15-11-8-9-12-15/h10,14-16H,7-9,11-13H2,1-6H3/b14-10-. The van der Waals surface area contributed by atoms with E-state index >= 15 is 0 Å². The maximum absolute atomic E-state index is 2.55. The van der Waals surface area contributed by atoms with Crippen molar-refractivity contribution in [3.8, 4) is 0 Å². The lowest BCUT2D eigenvalue weighted by Crippen LogP contribution is -2.31. The van der Waals surface area contributed by atoms with Gasteiger partial charge in [-0.2, -0.15) is 0 Å². The van der Waals surface area contributed by atoms with Crippen LogP contribution in [0.4, 0.5) is 0 Å². The highest BCUT2D eigenvalue weighted by Crippen LogP contribution is 2.58. The monoisotopic (exact) mass is 270 g/mol. The zero-order chi connectivity index (χ0) is 13.8. The average molecular weight is 271 g/mol. The Kier molecular flexibility index (Phi) is 5.83. The zero-order valence-corrected chi connectivity index (χ0v) is 14.3. The fourth-order valence-corrected chi connectivity index (χ4v) is 5.12. The normalized spacial score (nSPS) is 21.7. The summed E-state index contributed by atoms with van der Waals surface area (Å²) in [4.78, 5) is 0. The molecule has 0 nitrogen and oxygen atoms in total. The quantitative estimate of drug-likeness (QED) is 0.557. The zero-order valence-electron chi connectivity index (χ0n) is 13.5. The minimum Gasteiger partial charge on any atom is -0.236 e. The summed E-state index contributed by atoms with van der Waals surface area (Å²) in [6.07, 6.45) is 18.6. The minimum absolute atomic E-state index is 0.450. The lowest BCUT2D eigenvalue weighted by Gasteiger charge is -2.49. The molecule has 0 saturated heterocycles. The lowest BCUT2D eigenvalue weighted by molar-refractivity contribution is 0.557. The van der Waals surface area contributed by atoms with Crippen LogP contribution < -0.4 is 0 Å². The second-order valence-corrected chi connectivity index (χ2v) is 11.9. The van der Waals surface area contributed by atoms with Crippen LogP contribution in [0.15, 0.2) is 12.2 Å². The topological polar surface area (TPSA) is 0 Å². The van der Waals surface area contributed by atoms with E-state index in [-0.39, 0.29) is 0 Å². The van der Waals surface area contributed by atoms with Gasteiger partial charge in [0.25, 0.3) is 0 Å². The molecule has 18 heavy (non-hydrogen) atoms. The molecule has 0 radical (unpaired) electrons. The summed E-state index contributed by atoms with van der Waals surface area (Å²) in [5.41, 5.74) is 0. The third-order valence-electron chi connectivity index (χ3n) is 5.03. The van der Waals surface area contributed by atoms with E-state index < -0.39 is 10.0 Å². The van der Waals surface area contributed by atoms with Crippen LogP contribution >= 0.6 is 10.0 Å². The van der Waals surface area contributed by atoms with Gasteiger partial charge in [0.05, 0.1) is 0 Å².